The van der Waals surface area contributed by atoms with E-state index in [1.807, 2.05) is 6.92 Å². The van der Waals surface area contributed by atoms with Crippen LogP contribution in [0.3, 0.4) is 0 Å². The molecular formula is C12H22O3. The summed E-state index contributed by atoms with van der Waals surface area (Å²) in [5.74, 6) is -0.205. The van der Waals surface area contributed by atoms with Gasteiger partial charge in [-0.05, 0) is 39.5 Å². The molecule has 0 amide bonds. The largest absolute Gasteiger partial charge is 0.460 e. The Morgan fingerprint density at radius 1 is 1.27 bits per heavy atom. The fourth-order valence-corrected chi connectivity index (χ4v) is 1.94. The van der Waals surface area contributed by atoms with E-state index in [0.29, 0.717) is 6.61 Å². The van der Waals surface area contributed by atoms with Crippen molar-refractivity contribution in [1.82, 2.24) is 0 Å². The highest BCUT2D eigenvalue weighted by molar-refractivity contribution is 5.74. The molecular weight excluding hydrogens is 192 g/mol. The van der Waals surface area contributed by atoms with Gasteiger partial charge in [-0.3, -0.25) is 0 Å². The Labute approximate surface area is 92.1 Å². The fourth-order valence-electron chi connectivity index (χ4n) is 1.94. The van der Waals surface area contributed by atoms with Gasteiger partial charge in [0.1, 0.15) is 6.10 Å². The quantitative estimate of drug-likeness (QED) is 0.533. The minimum absolute atomic E-state index is 0.128. The van der Waals surface area contributed by atoms with Gasteiger partial charge in [-0.1, -0.05) is 12.8 Å². The summed E-state index contributed by atoms with van der Waals surface area (Å²) in [6, 6.07) is 0. The molecule has 1 unspecified atom stereocenters. The molecule has 0 heterocycles. The van der Waals surface area contributed by atoms with Crippen LogP contribution >= 0.6 is 0 Å². The van der Waals surface area contributed by atoms with Crippen LogP contribution in [-0.4, -0.2) is 24.8 Å². The van der Waals surface area contributed by atoms with Crippen molar-refractivity contribution in [2.75, 3.05) is 6.61 Å². The van der Waals surface area contributed by atoms with Gasteiger partial charge in [0.15, 0.2) is 6.10 Å². The average Bonchev–Trinajstić information content (AvgIpc) is 2.46. The Kier molecular flexibility index (Phi) is 5.69. The molecule has 88 valence electrons. The number of carbonyl (C=O) groups excluding carboxylic acids is 1. The number of hydrogen-bond donors (Lipinski definition) is 0. The molecule has 0 aromatic rings. The summed E-state index contributed by atoms with van der Waals surface area (Å²) in [6.07, 6.45) is 6.66. The highest BCUT2D eigenvalue weighted by atomic mass is 16.6. The summed E-state index contributed by atoms with van der Waals surface area (Å²) in [4.78, 5) is 11.6. The SMILES string of the molecule is CCOC(C)C(=O)OC1CCCCCC1. The molecule has 1 rings (SSSR count). The molecule has 0 aromatic heterocycles. The van der Waals surface area contributed by atoms with Crippen molar-refractivity contribution in [1.29, 1.82) is 0 Å². The van der Waals surface area contributed by atoms with Crippen LogP contribution in [0.25, 0.3) is 0 Å². The lowest BCUT2D eigenvalue weighted by molar-refractivity contribution is -0.161. The van der Waals surface area contributed by atoms with Gasteiger partial charge < -0.3 is 9.47 Å². The molecule has 0 saturated heterocycles. The number of ether oxygens (including phenoxy) is 2. The third-order valence-corrected chi connectivity index (χ3v) is 2.83. The molecule has 15 heavy (non-hydrogen) atoms. The second-order valence-corrected chi connectivity index (χ2v) is 4.15. The highest BCUT2D eigenvalue weighted by Gasteiger charge is 2.20. The third kappa shape index (κ3) is 4.65. The van der Waals surface area contributed by atoms with E-state index in [1.165, 1.54) is 25.7 Å². The summed E-state index contributed by atoms with van der Waals surface area (Å²) < 4.78 is 10.6. The van der Waals surface area contributed by atoms with Gasteiger partial charge in [-0.2, -0.15) is 0 Å². The molecule has 3 nitrogen and oxygen atoms in total. The maximum absolute atomic E-state index is 11.6. The van der Waals surface area contributed by atoms with E-state index in [-0.39, 0.29) is 12.1 Å². The van der Waals surface area contributed by atoms with Gasteiger partial charge >= 0.3 is 5.97 Å². The van der Waals surface area contributed by atoms with Crippen LogP contribution < -0.4 is 0 Å². The van der Waals surface area contributed by atoms with Crippen molar-refractivity contribution in [2.45, 2.75) is 64.6 Å². The smallest absolute Gasteiger partial charge is 0.335 e. The number of hydrogen-bond acceptors (Lipinski definition) is 3. The van der Waals surface area contributed by atoms with Crippen molar-refractivity contribution in [3.05, 3.63) is 0 Å². The highest BCUT2D eigenvalue weighted by Crippen LogP contribution is 2.20. The standard InChI is InChI=1S/C12H22O3/c1-3-14-10(2)12(13)15-11-8-6-4-5-7-9-11/h10-11H,3-9H2,1-2H3. The second kappa shape index (κ2) is 6.83. The Balaban J connectivity index is 2.28. The van der Waals surface area contributed by atoms with Crippen LogP contribution in [0.2, 0.25) is 0 Å². The van der Waals surface area contributed by atoms with E-state index < -0.39 is 6.10 Å². The van der Waals surface area contributed by atoms with Crippen molar-refractivity contribution in [3.8, 4) is 0 Å². The molecule has 0 radical (unpaired) electrons. The molecule has 0 bridgehead atoms. The minimum atomic E-state index is -0.418. The zero-order valence-corrected chi connectivity index (χ0v) is 9.83. The second-order valence-electron chi connectivity index (χ2n) is 4.15. The average molecular weight is 214 g/mol. The van der Waals surface area contributed by atoms with Gasteiger partial charge in [-0.25, -0.2) is 4.79 Å². The Hall–Kier alpha value is -0.570. The first-order valence-corrected chi connectivity index (χ1v) is 6.06. The van der Waals surface area contributed by atoms with Gasteiger partial charge in [0, 0.05) is 6.61 Å². The number of carbonyl (C=O) groups is 1. The van der Waals surface area contributed by atoms with Crippen LogP contribution in [-0.2, 0) is 14.3 Å². The minimum Gasteiger partial charge on any atom is -0.460 e. The van der Waals surface area contributed by atoms with E-state index in [9.17, 15) is 4.79 Å². The van der Waals surface area contributed by atoms with Crippen molar-refractivity contribution >= 4 is 5.97 Å². The molecule has 0 aliphatic heterocycles. The Morgan fingerprint density at radius 2 is 1.87 bits per heavy atom. The van der Waals surface area contributed by atoms with E-state index in [4.69, 9.17) is 9.47 Å². The number of rotatable bonds is 4. The molecule has 1 saturated carbocycles. The van der Waals surface area contributed by atoms with Gasteiger partial charge in [0.05, 0.1) is 0 Å². The lowest BCUT2D eigenvalue weighted by Gasteiger charge is -2.18. The maximum atomic E-state index is 11.6. The molecule has 1 aliphatic rings. The molecule has 1 atom stereocenters. The van der Waals surface area contributed by atoms with Crippen molar-refractivity contribution < 1.29 is 14.3 Å². The predicted molar refractivity (Wildman–Crippen MR) is 58.7 cm³/mol. The van der Waals surface area contributed by atoms with E-state index in [0.717, 1.165) is 12.8 Å². The summed E-state index contributed by atoms with van der Waals surface area (Å²) >= 11 is 0. The zero-order valence-electron chi connectivity index (χ0n) is 9.83. The van der Waals surface area contributed by atoms with Crippen LogP contribution in [0.1, 0.15) is 52.4 Å². The number of esters is 1. The van der Waals surface area contributed by atoms with E-state index >= 15 is 0 Å². The fraction of sp³-hybridized carbons (Fsp3) is 0.917. The van der Waals surface area contributed by atoms with Crippen LogP contribution in [0, 0.1) is 0 Å². The molecule has 0 spiro atoms. The van der Waals surface area contributed by atoms with Crippen molar-refractivity contribution in [3.63, 3.8) is 0 Å². The van der Waals surface area contributed by atoms with Crippen LogP contribution in [0.5, 0.6) is 0 Å². The van der Waals surface area contributed by atoms with Gasteiger partial charge in [-0.15, -0.1) is 0 Å². The van der Waals surface area contributed by atoms with Crippen LogP contribution in [0.15, 0.2) is 0 Å². The maximum Gasteiger partial charge on any atom is 0.335 e. The summed E-state index contributed by atoms with van der Waals surface area (Å²) in [6.45, 7) is 4.19. The molecule has 0 aromatic carbocycles. The van der Waals surface area contributed by atoms with E-state index in [2.05, 4.69) is 0 Å². The molecule has 3 heteroatoms. The normalized spacial score (nSPS) is 20.7. The Morgan fingerprint density at radius 3 is 2.40 bits per heavy atom. The monoisotopic (exact) mass is 214 g/mol. The predicted octanol–water partition coefficient (Wildman–Crippen LogP) is 2.68. The zero-order chi connectivity index (χ0) is 11.1. The van der Waals surface area contributed by atoms with Gasteiger partial charge in [0.2, 0.25) is 0 Å². The van der Waals surface area contributed by atoms with Crippen LogP contribution in [0.4, 0.5) is 0 Å². The summed E-state index contributed by atoms with van der Waals surface area (Å²) in [7, 11) is 0. The lowest BCUT2D eigenvalue weighted by atomic mass is 10.1. The Bertz CT molecular complexity index is 183. The van der Waals surface area contributed by atoms with Crippen molar-refractivity contribution in [2.24, 2.45) is 0 Å². The first-order chi connectivity index (χ1) is 7.24. The van der Waals surface area contributed by atoms with E-state index in [1.54, 1.807) is 6.92 Å². The van der Waals surface area contributed by atoms with Gasteiger partial charge in [0.25, 0.3) is 0 Å². The topological polar surface area (TPSA) is 35.5 Å². The first kappa shape index (κ1) is 12.5. The lowest BCUT2D eigenvalue weighted by Crippen LogP contribution is -2.28. The molecule has 1 aliphatic carbocycles. The molecule has 1 fully saturated rings. The summed E-state index contributed by atoms with van der Waals surface area (Å²) in [5.41, 5.74) is 0. The molecule has 0 N–H and O–H groups in total. The third-order valence-electron chi connectivity index (χ3n) is 2.83. The summed E-state index contributed by atoms with van der Waals surface area (Å²) in [5, 5.41) is 0. The first-order valence-electron chi connectivity index (χ1n) is 6.06.